The highest BCUT2D eigenvalue weighted by Gasteiger charge is 2.38. The molecule has 0 aliphatic carbocycles. The summed E-state index contributed by atoms with van der Waals surface area (Å²) in [6, 6.07) is 1.61. The largest absolute Gasteiger partial charge is 0.340 e. The van der Waals surface area contributed by atoms with Crippen LogP contribution in [-0.4, -0.2) is 45.9 Å². The first-order valence-electron chi connectivity index (χ1n) is 10.7. The second kappa shape index (κ2) is 8.61. The quantitative estimate of drug-likeness (QED) is 0.783. The third-order valence-electron chi connectivity index (χ3n) is 5.28. The van der Waals surface area contributed by atoms with Gasteiger partial charge in [0, 0.05) is 31.3 Å². The zero-order valence-corrected chi connectivity index (χ0v) is 19.4. The summed E-state index contributed by atoms with van der Waals surface area (Å²) in [4.78, 5) is 42.6. The van der Waals surface area contributed by atoms with E-state index in [1.807, 2.05) is 27.7 Å². The van der Waals surface area contributed by atoms with Crippen LogP contribution >= 0.6 is 0 Å². The summed E-state index contributed by atoms with van der Waals surface area (Å²) in [7, 11) is 1.76. The monoisotopic (exact) mass is 424 g/mol. The second-order valence-corrected chi connectivity index (χ2v) is 9.43. The van der Waals surface area contributed by atoms with Crippen LogP contribution in [-0.2, 0) is 9.59 Å². The maximum Gasteiger partial charge on any atom is 0.249 e. The van der Waals surface area contributed by atoms with E-state index >= 15 is 0 Å². The Bertz CT molecular complexity index is 982. The molecular weight excluding hydrogens is 392 g/mol. The molecule has 1 atom stereocenters. The topological polar surface area (TPSA) is 91.3 Å². The van der Waals surface area contributed by atoms with Crippen molar-refractivity contribution in [3.8, 4) is 11.4 Å². The molecule has 166 valence electrons. The lowest BCUT2D eigenvalue weighted by atomic mass is 9.92. The van der Waals surface area contributed by atoms with Crippen molar-refractivity contribution in [1.82, 2.24) is 15.0 Å². The van der Waals surface area contributed by atoms with Gasteiger partial charge in [-0.3, -0.25) is 14.6 Å². The maximum atomic E-state index is 12.9. The maximum absolute atomic E-state index is 12.9. The molecule has 0 spiro atoms. The van der Waals surface area contributed by atoms with Gasteiger partial charge in [0.05, 0.1) is 18.1 Å². The molecule has 0 fully saturated rings. The van der Waals surface area contributed by atoms with E-state index in [0.717, 1.165) is 5.82 Å². The Morgan fingerprint density at radius 3 is 2.58 bits per heavy atom. The normalized spacial score (nSPS) is 16.5. The highest BCUT2D eigenvalue weighted by atomic mass is 16.2. The highest BCUT2D eigenvalue weighted by Crippen LogP contribution is 2.37. The van der Waals surface area contributed by atoms with E-state index < -0.39 is 0 Å². The number of carbonyl (C=O) groups is 2. The number of nitrogens with zero attached hydrogens (tertiary/aromatic N) is 5. The van der Waals surface area contributed by atoms with Crippen LogP contribution in [0.4, 0.5) is 17.2 Å². The number of rotatable bonds is 5. The zero-order valence-electron chi connectivity index (χ0n) is 19.4. The number of carbonyl (C=O) groups excluding carboxylic acids is 2. The fourth-order valence-electron chi connectivity index (χ4n) is 3.87. The van der Waals surface area contributed by atoms with Crippen molar-refractivity contribution in [3.05, 3.63) is 24.7 Å². The summed E-state index contributed by atoms with van der Waals surface area (Å²) in [6.45, 7) is 12.2. The van der Waals surface area contributed by atoms with E-state index in [1.54, 1.807) is 36.6 Å². The Morgan fingerprint density at radius 1 is 1.26 bits per heavy atom. The van der Waals surface area contributed by atoms with Gasteiger partial charge in [-0.15, -0.1) is 0 Å². The molecule has 31 heavy (non-hydrogen) atoms. The van der Waals surface area contributed by atoms with Gasteiger partial charge < -0.3 is 15.1 Å². The SMILES string of the molecule is CCC1C(=O)N(C)c2cnc(-c3ccncc3NC(=O)CC(C)(C)C)nc2N1C(C)C. The van der Waals surface area contributed by atoms with Crippen LogP contribution in [0.5, 0.6) is 0 Å². The minimum Gasteiger partial charge on any atom is -0.340 e. The molecule has 1 N–H and O–H groups in total. The van der Waals surface area contributed by atoms with Crippen LogP contribution < -0.4 is 15.1 Å². The summed E-state index contributed by atoms with van der Waals surface area (Å²) in [6.07, 6.45) is 6.02. The van der Waals surface area contributed by atoms with Gasteiger partial charge in [0.25, 0.3) is 0 Å². The average Bonchev–Trinajstić information content (AvgIpc) is 2.68. The van der Waals surface area contributed by atoms with E-state index in [9.17, 15) is 9.59 Å². The van der Waals surface area contributed by atoms with Crippen LogP contribution in [0.3, 0.4) is 0 Å². The lowest BCUT2D eigenvalue weighted by Gasteiger charge is -2.42. The van der Waals surface area contributed by atoms with Gasteiger partial charge >= 0.3 is 0 Å². The van der Waals surface area contributed by atoms with Crippen LogP contribution in [0, 0.1) is 5.41 Å². The molecule has 0 saturated heterocycles. The number of nitrogens with one attached hydrogen (secondary N) is 1. The molecule has 1 aliphatic rings. The fraction of sp³-hybridized carbons (Fsp3) is 0.522. The van der Waals surface area contributed by atoms with Gasteiger partial charge in [-0.1, -0.05) is 27.7 Å². The number of hydrogen-bond acceptors (Lipinski definition) is 6. The van der Waals surface area contributed by atoms with Crippen molar-refractivity contribution in [2.75, 3.05) is 22.2 Å². The molecule has 8 nitrogen and oxygen atoms in total. The first-order chi connectivity index (χ1) is 14.5. The number of anilines is 3. The molecule has 3 heterocycles. The molecule has 0 radical (unpaired) electrons. The van der Waals surface area contributed by atoms with E-state index in [0.29, 0.717) is 35.6 Å². The molecule has 0 saturated carbocycles. The Labute approximate surface area is 184 Å². The Kier molecular flexibility index (Phi) is 6.29. The van der Waals surface area contributed by atoms with Crippen LogP contribution in [0.2, 0.25) is 0 Å². The molecular formula is C23H32N6O2. The molecule has 2 aromatic rings. The lowest BCUT2D eigenvalue weighted by molar-refractivity contribution is -0.120. The third kappa shape index (κ3) is 4.68. The summed E-state index contributed by atoms with van der Waals surface area (Å²) in [5.74, 6) is 1.16. The van der Waals surface area contributed by atoms with Crippen molar-refractivity contribution in [2.45, 2.75) is 66.5 Å². The average molecular weight is 425 g/mol. The number of pyridine rings is 1. The second-order valence-electron chi connectivity index (χ2n) is 9.43. The third-order valence-corrected chi connectivity index (χ3v) is 5.28. The molecule has 8 heteroatoms. The molecule has 1 unspecified atom stereocenters. The minimum atomic E-state index is -0.274. The number of amides is 2. The summed E-state index contributed by atoms with van der Waals surface area (Å²) in [5.41, 5.74) is 1.81. The van der Waals surface area contributed by atoms with Gasteiger partial charge in [-0.2, -0.15) is 0 Å². The Balaban J connectivity index is 2.04. The van der Waals surface area contributed by atoms with Crippen molar-refractivity contribution < 1.29 is 9.59 Å². The van der Waals surface area contributed by atoms with Crippen molar-refractivity contribution in [3.63, 3.8) is 0 Å². The predicted octanol–water partition coefficient (Wildman–Crippen LogP) is 3.88. The predicted molar refractivity (Wildman–Crippen MR) is 123 cm³/mol. The first kappa shape index (κ1) is 22.7. The first-order valence-corrected chi connectivity index (χ1v) is 10.7. The lowest BCUT2D eigenvalue weighted by Crippen LogP contribution is -2.54. The summed E-state index contributed by atoms with van der Waals surface area (Å²) in [5, 5.41) is 2.96. The number of likely N-dealkylation sites (N-methyl/N-ethyl adjacent to an activating group) is 1. The number of hydrogen-bond donors (Lipinski definition) is 1. The van der Waals surface area contributed by atoms with Gasteiger partial charge in [0.2, 0.25) is 11.8 Å². The van der Waals surface area contributed by atoms with Crippen molar-refractivity contribution in [1.29, 1.82) is 0 Å². The molecule has 2 amide bonds. The van der Waals surface area contributed by atoms with Gasteiger partial charge in [0.1, 0.15) is 11.7 Å². The van der Waals surface area contributed by atoms with Crippen LogP contribution in [0.25, 0.3) is 11.4 Å². The van der Waals surface area contributed by atoms with Crippen molar-refractivity contribution in [2.24, 2.45) is 5.41 Å². The smallest absolute Gasteiger partial charge is 0.249 e. The van der Waals surface area contributed by atoms with E-state index in [2.05, 4.69) is 34.0 Å². The van der Waals surface area contributed by atoms with Crippen LogP contribution in [0.15, 0.2) is 24.7 Å². The number of fused-ring (bicyclic) bond motifs is 1. The molecule has 1 aliphatic heterocycles. The molecule has 0 aromatic carbocycles. The molecule has 2 aromatic heterocycles. The zero-order chi connectivity index (χ0) is 22.9. The summed E-state index contributed by atoms with van der Waals surface area (Å²) < 4.78 is 0. The highest BCUT2D eigenvalue weighted by molar-refractivity contribution is 6.04. The van der Waals surface area contributed by atoms with Gasteiger partial charge in [0.15, 0.2) is 11.6 Å². The number of aromatic nitrogens is 3. The Hall–Kier alpha value is -3.03. The molecule has 3 rings (SSSR count). The van der Waals surface area contributed by atoms with Crippen LogP contribution in [0.1, 0.15) is 54.4 Å². The standard InChI is InChI=1S/C23H32N6O2/c1-8-17-22(31)28(7)18-13-25-20(27-21(18)29(17)14(2)3)15-9-10-24-12-16(15)26-19(30)11-23(4,5)6/h9-10,12-14,17H,8,11H2,1-7H3,(H,26,30). The molecule has 0 bridgehead atoms. The van der Waals surface area contributed by atoms with E-state index in [-0.39, 0.29) is 29.3 Å². The summed E-state index contributed by atoms with van der Waals surface area (Å²) >= 11 is 0. The fourth-order valence-corrected chi connectivity index (χ4v) is 3.87. The van der Waals surface area contributed by atoms with Crippen molar-refractivity contribution >= 4 is 29.0 Å². The minimum absolute atomic E-state index is 0.0408. The van der Waals surface area contributed by atoms with E-state index in [1.165, 1.54) is 0 Å². The van der Waals surface area contributed by atoms with E-state index in [4.69, 9.17) is 4.98 Å². The van der Waals surface area contributed by atoms with Gasteiger partial charge in [-0.05, 0) is 31.7 Å². The van der Waals surface area contributed by atoms with Gasteiger partial charge in [-0.25, -0.2) is 9.97 Å². The Morgan fingerprint density at radius 2 is 1.97 bits per heavy atom.